The molecule has 0 atom stereocenters. The highest BCUT2D eigenvalue weighted by atomic mass is 79.9. The molecule has 0 radical (unpaired) electrons. The molecular formula is C26H22BrNO. The lowest BCUT2D eigenvalue weighted by Gasteiger charge is -2.11. The summed E-state index contributed by atoms with van der Waals surface area (Å²) in [4.78, 5) is 4.65. The highest BCUT2D eigenvalue weighted by Gasteiger charge is 2.05. The number of rotatable bonds is 5. The van der Waals surface area contributed by atoms with E-state index in [1.165, 1.54) is 27.5 Å². The Bertz CT molecular complexity index is 1190. The van der Waals surface area contributed by atoms with Gasteiger partial charge < -0.3 is 4.74 Å². The quantitative estimate of drug-likeness (QED) is 0.291. The normalized spacial score (nSPS) is 11.3. The summed E-state index contributed by atoms with van der Waals surface area (Å²) in [6, 6.07) is 26.9. The molecule has 0 N–H and O–H groups in total. The molecule has 0 amide bonds. The highest BCUT2D eigenvalue weighted by molar-refractivity contribution is 9.10. The average Bonchev–Trinajstić information content (AvgIpc) is 2.74. The van der Waals surface area contributed by atoms with Gasteiger partial charge in [-0.3, -0.25) is 4.99 Å². The predicted octanol–water partition coefficient (Wildman–Crippen LogP) is 7.55. The van der Waals surface area contributed by atoms with E-state index in [2.05, 4.69) is 83.3 Å². The maximum atomic E-state index is 6.09. The van der Waals surface area contributed by atoms with Crippen LogP contribution in [0.4, 0.5) is 5.69 Å². The molecule has 0 fully saturated rings. The van der Waals surface area contributed by atoms with Crippen LogP contribution in [0.3, 0.4) is 0 Å². The van der Waals surface area contributed by atoms with Crippen molar-refractivity contribution >= 4 is 38.6 Å². The first-order chi connectivity index (χ1) is 14.1. The molecule has 0 aliphatic heterocycles. The predicted molar refractivity (Wildman–Crippen MR) is 126 cm³/mol. The van der Waals surface area contributed by atoms with Crippen molar-refractivity contribution in [3.8, 4) is 5.75 Å². The summed E-state index contributed by atoms with van der Waals surface area (Å²) in [7, 11) is 0. The molecule has 0 bridgehead atoms. The summed E-state index contributed by atoms with van der Waals surface area (Å²) in [6.07, 6.45) is 1.89. The third-order valence-corrected chi connectivity index (χ3v) is 5.77. The van der Waals surface area contributed by atoms with E-state index in [1.807, 2.05) is 36.5 Å². The van der Waals surface area contributed by atoms with Crippen LogP contribution in [0.5, 0.6) is 5.75 Å². The molecule has 0 aromatic heterocycles. The van der Waals surface area contributed by atoms with Gasteiger partial charge in [-0.2, -0.15) is 0 Å². The molecular weight excluding hydrogens is 422 g/mol. The zero-order chi connectivity index (χ0) is 20.2. The van der Waals surface area contributed by atoms with Crippen LogP contribution in [0.25, 0.3) is 10.8 Å². The maximum Gasteiger partial charge on any atom is 0.134 e. The van der Waals surface area contributed by atoms with Crippen molar-refractivity contribution in [2.75, 3.05) is 0 Å². The number of aliphatic imine (C=N–C) groups is 1. The molecule has 0 aliphatic carbocycles. The van der Waals surface area contributed by atoms with Crippen LogP contribution in [-0.2, 0) is 6.61 Å². The van der Waals surface area contributed by atoms with E-state index in [1.54, 1.807) is 0 Å². The lowest BCUT2D eigenvalue weighted by molar-refractivity contribution is 0.305. The van der Waals surface area contributed by atoms with Crippen LogP contribution in [0.2, 0.25) is 0 Å². The Kier molecular flexibility index (Phi) is 5.77. The lowest BCUT2D eigenvalue weighted by Crippen LogP contribution is -1.97. The van der Waals surface area contributed by atoms with Crippen LogP contribution in [-0.4, -0.2) is 6.21 Å². The number of ether oxygens (including phenoxy) is 1. The van der Waals surface area contributed by atoms with Crippen molar-refractivity contribution in [3.63, 3.8) is 0 Å². The third-order valence-electron chi connectivity index (χ3n) is 5.15. The summed E-state index contributed by atoms with van der Waals surface area (Å²) < 4.78 is 7.01. The summed E-state index contributed by atoms with van der Waals surface area (Å²) >= 11 is 3.64. The van der Waals surface area contributed by atoms with Gasteiger partial charge in [0.25, 0.3) is 0 Å². The first kappa shape index (κ1) is 19.4. The Labute approximate surface area is 180 Å². The first-order valence-electron chi connectivity index (χ1n) is 9.61. The fourth-order valence-electron chi connectivity index (χ4n) is 3.31. The molecule has 4 aromatic rings. The van der Waals surface area contributed by atoms with E-state index in [4.69, 9.17) is 4.74 Å². The van der Waals surface area contributed by atoms with Crippen molar-refractivity contribution in [1.29, 1.82) is 0 Å². The molecule has 4 rings (SSSR count). The average molecular weight is 444 g/mol. The molecule has 0 unspecified atom stereocenters. The van der Waals surface area contributed by atoms with Gasteiger partial charge in [-0.15, -0.1) is 0 Å². The van der Waals surface area contributed by atoms with Crippen LogP contribution < -0.4 is 4.74 Å². The minimum atomic E-state index is 0.524. The minimum Gasteiger partial charge on any atom is -0.488 e. The van der Waals surface area contributed by atoms with Crippen molar-refractivity contribution in [2.45, 2.75) is 20.5 Å². The molecule has 0 aliphatic rings. The van der Waals surface area contributed by atoms with Gasteiger partial charge >= 0.3 is 0 Å². The molecule has 29 heavy (non-hydrogen) atoms. The zero-order valence-electron chi connectivity index (χ0n) is 16.5. The third kappa shape index (κ3) is 4.41. The van der Waals surface area contributed by atoms with Gasteiger partial charge in [0.2, 0.25) is 0 Å². The van der Waals surface area contributed by atoms with Crippen LogP contribution in [0, 0.1) is 13.8 Å². The Balaban J connectivity index is 1.50. The molecule has 0 saturated carbocycles. The number of fused-ring (bicyclic) bond motifs is 1. The Morgan fingerprint density at radius 3 is 2.55 bits per heavy atom. The fraction of sp³-hybridized carbons (Fsp3) is 0.115. The highest BCUT2D eigenvalue weighted by Crippen LogP contribution is 2.28. The van der Waals surface area contributed by atoms with Gasteiger partial charge in [-0.1, -0.05) is 54.6 Å². The minimum absolute atomic E-state index is 0.524. The number of benzene rings is 4. The standard InChI is InChI=1S/C26H22BrNO/c1-18-7-5-12-25(19(18)2)28-16-20-13-14-26(24(27)15-20)29-17-22-10-6-9-21-8-3-4-11-23(21)22/h3-16H,17H2,1-2H3. The van der Waals surface area contributed by atoms with Crippen molar-refractivity contribution in [2.24, 2.45) is 4.99 Å². The van der Waals surface area contributed by atoms with Crippen LogP contribution in [0.1, 0.15) is 22.3 Å². The molecule has 144 valence electrons. The summed E-state index contributed by atoms with van der Waals surface area (Å²) in [5.41, 5.74) is 5.65. The summed E-state index contributed by atoms with van der Waals surface area (Å²) in [5, 5.41) is 2.45. The molecule has 2 nitrogen and oxygen atoms in total. The fourth-order valence-corrected chi connectivity index (χ4v) is 3.82. The summed E-state index contributed by atoms with van der Waals surface area (Å²) in [6.45, 7) is 4.73. The lowest BCUT2D eigenvalue weighted by atomic mass is 10.1. The number of aryl methyl sites for hydroxylation is 1. The summed E-state index contributed by atoms with van der Waals surface area (Å²) in [5.74, 6) is 0.821. The van der Waals surface area contributed by atoms with Gasteiger partial charge in [0.1, 0.15) is 12.4 Å². The van der Waals surface area contributed by atoms with E-state index >= 15 is 0 Å². The molecule has 3 heteroatoms. The molecule has 4 aromatic carbocycles. The SMILES string of the molecule is Cc1cccc(N=Cc2ccc(OCc3cccc4ccccc34)c(Br)c2)c1C. The second kappa shape index (κ2) is 8.62. The van der Waals surface area contributed by atoms with Gasteiger partial charge in [0.05, 0.1) is 10.2 Å². The van der Waals surface area contributed by atoms with Gasteiger partial charge in [0.15, 0.2) is 0 Å². The van der Waals surface area contributed by atoms with E-state index in [0.29, 0.717) is 6.61 Å². The number of hydrogen-bond acceptors (Lipinski definition) is 2. The van der Waals surface area contributed by atoms with Gasteiger partial charge in [0, 0.05) is 6.21 Å². The molecule has 0 spiro atoms. The van der Waals surface area contributed by atoms with E-state index in [9.17, 15) is 0 Å². The monoisotopic (exact) mass is 443 g/mol. The zero-order valence-corrected chi connectivity index (χ0v) is 18.1. The second-order valence-electron chi connectivity index (χ2n) is 7.09. The molecule has 0 saturated heterocycles. The number of nitrogens with zero attached hydrogens (tertiary/aromatic N) is 1. The number of hydrogen-bond donors (Lipinski definition) is 0. The Morgan fingerprint density at radius 2 is 1.69 bits per heavy atom. The van der Waals surface area contributed by atoms with E-state index in [-0.39, 0.29) is 0 Å². The van der Waals surface area contributed by atoms with Crippen LogP contribution in [0.15, 0.2) is 88.3 Å². The van der Waals surface area contributed by atoms with Crippen molar-refractivity contribution < 1.29 is 4.74 Å². The Morgan fingerprint density at radius 1 is 0.897 bits per heavy atom. The molecule has 0 heterocycles. The first-order valence-corrected chi connectivity index (χ1v) is 10.4. The Hall–Kier alpha value is -2.91. The topological polar surface area (TPSA) is 21.6 Å². The smallest absolute Gasteiger partial charge is 0.134 e. The largest absolute Gasteiger partial charge is 0.488 e. The van der Waals surface area contributed by atoms with E-state index in [0.717, 1.165) is 21.5 Å². The van der Waals surface area contributed by atoms with Crippen LogP contribution >= 0.6 is 15.9 Å². The second-order valence-corrected chi connectivity index (χ2v) is 7.95. The van der Waals surface area contributed by atoms with E-state index < -0.39 is 0 Å². The van der Waals surface area contributed by atoms with Gasteiger partial charge in [-0.25, -0.2) is 0 Å². The van der Waals surface area contributed by atoms with Crippen molar-refractivity contribution in [1.82, 2.24) is 0 Å². The van der Waals surface area contributed by atoms with Crippen molar-refractivity contribution in [3.05, 3.63) is 106 Å². The number of halogens is 1. The maximum absolute atomic E-state index is 6.09. The van der Waals surface area contributed by atoms with Gasteiger partial charge in [-0.05, 0) is 87.1 Å².